The zero-order chi connectivity index (χ0) is 27.2. The van der Waals surface area contributed by atoms with Gasteiger partial charge in [-0.2, -0.15) is 0 Å². The molecule has 0 bridgehead atoms. The van der Waals surface area contributed by atoms with Crippen LogP contribution in [-0.2, 0) is 14.3 Å². The molecule has 0 aliphatic carbocycles. The van der Waals surface area contributed by atoms with Gasteiger partial charge in [-0.3, -0.25) is 9.59 Å². The highest BCUT2D eigenvalue weighted by atomic mass is 16.5. The van der Waals surface area contributed by atoms with Gasteiger partial charge in [0.2, 0.25) is 0 Å². The van der Waals surface area contributed by atoms with E-state index < -0.39 is 17.9 Å². The molecule has 0 rings (SSSR count). The zero-order valence-corrected chi connectivity index (χ0v) is 24.4. The first-order chi connectivity index (χ1) is 18.1. The fraction of sp³-hybridized carbons (Fsp3) is 0.818. The smallest absolute Gasteiger partial charge is 0.309 e. The van der Waals surface area contributed by atoms with Crippen LogP contribution in [0.2, 0.25) is 0 Å². The molecule has 0 amide bonds. The predicted molar refractivity (Wildman–Crippen MR) is 158 cm³/mol. The molecule has 0 aromatic heterocycles. The molecule has 0 saturated carbocycles. The highest BCUT2D eigenvalue weighted by Gasteiger charge is 2.22. The Morgan fingerprint density at radius 2 is 1.08 bits per heavy atom. The van der Waals surface area contributed by atoms with E-state index in [1.165, 1.54) is 128 Å². The quantitative estimate of drug-likeness (QED) is 0.0605. The van der Waals surface area contributed by atoms with E-state index in [1.807, 2.05) is 0 Å². The summed E-state index contributed by atoms with van der Waals surface area (Å²) in [6.45, 7) is 5.87. The number of hydrogen-bond donors (Lipinski definition) is 1. The highest BCUT2D eigenvalue weighted by Crippen LogP contribution is 2.18. The summed E-state index contributed by atoms with van der Waals surface area (Å²) in [5.41, 5.74) is 0. The molecule has 4 heteroatoms. The molecule has 0 spiro atoms. The SMILES string of the molecule is C=CCOC(=O)C(CCCCCCCCCCCCCCCCCCCCCC/C=C/CC)CC(=O)O. The Balaban J connectivity index is 3.34. The lowest BCUT2D eigenvalue weighted by molar-refractivity contribution is -0.152. The van der Waals surface area contributed by atoms with Crippen LogP contribution in [0.4, 0.5) is 0 Å². The van der Waals surface area contributed by atoms with Crippen LogP contribution in [-0.4, -0.2) is 23.7 Å². The third-order valence-electron chi connectivity index (χ3n) is 7.17. The van der Waals surface area contributed by atoms with E-state index in [1.54, 1.807) is 0 Å². The largest absolute Gasteiger partial charge is 0.481 e. The minimum atomic E-state index is -0.941. The molecule has 0 aliphatic rings. The summed E-state index contributed by atoms with van der Waals surface area (Å²) in [6.07, 6.45) is 35.7. The monoisotopic (exact) mass is 520 g/mol. The number of carboxylic acid groups (broad SMARTS) is 1. The first-order valence-corrected chi connectivity index (χ1v) is 15.8. The summed E-state index contributed by atoms with van der Waals surface area (Å²) in [5, 5.41) is 9.02. The van der Waals surface area contributed by atoms with E-state index in [0.29, 0.717) is 6.42 Å². The number of esters is 1. The van der Waals surface area contributed by atoms with Crippen molar-refractivity contribution in [3.05, 3.63) is 24.8 Å². The molecule has 4 nitrogen and oxygen atoms in total. The summed E-state index contributed by atoms with van der Waals surface area (Å²) in [5.74, 6) is -1.88. The second kappa shape index (κ2) is 29.0. The molecule has 1 unspecified atom stereocenters. The van der Waals surface area contributed by atoms with Gasteiger partial charge in [-0.25, -0.2) is 0 Å². The summed E-state index contributed by atoms with van der Waals surface area (Å²) >= 11 is 0. The van der Waals surface area contributed by atoms with Crippen molar-refractivity contribution < 1.29 is 19.4 Å². The minimum Gasteiger partial charge on any atom is -0.481 e. The number of hydrogen-bond acceptors (Lipinski definition) is 3. The topological polar surface area (TPSA) is 63.6 Å². The van der Waals surface area contributed by atoms with Gasteiger partial charge >= 0.3 is 11.9 Å². The molecule has 37 heavy (non-hydrogen) atoms. The average Bonchev–Trinajstić information content (AvgIpc) is 2.88. The Labute approximate surface area is 229 Å². The lowest BCUT2D eigenvalue weighted by atomic mass is 9.97. The van der Waals surface area contributed by atoms with Crippen LogP contribution in [0.1, 0.15) is 161 Å². The number of ether oxygens (including phenoxy) is 1. The molecule has 1 N–H and O–H groups in total. The maximum atomic E-state index is 12.0. The maximum Gasteiger partial charge on any atom is 0.309 e. The van der Waals surface area contributed by atoms with Crippen molar-refractivity contribution in [2.75, 3.05) is 6.61 Å². The molecule has 0 fully saturated rings. The summed E-state index contributed by atoms with van der Waals surface area (Å²) in [6, 6.07) is 0. The summed E-state index contributed by atoms with van der Waals surface area (Å²) < 4.78 is 5.04. The fourth-order valence-corrected chi connectivity index (χ4v) is 4.89. The number of aliphatic carboxylic acids is 1. The lowest BCUT2D eigenvalue weighted by Gasteiger charge is -2.13. The number of carboxylic acids is 1. The van der Waals surface area contributed by atoms with Gasteiger partial charge in [0.15, 0.2) is 0 Å². The molecule has 0 heterocycles. The summed E-state index contributed by atoms with van der Waals surface area (Å²) in [4.78, 5) is 23.0. The zero-order valence-electron chi connectivity index (χ0n) is 24.4. The van der Waals surface area contributed by atoms with Crippen molar-refractivity contribution in [3.8, 4) is 0 Å². The average molecular weight is 521 g/mol. The molecular weight excluding hydrogens is 460 g/mol. The van der Waals surface area contributed by atoms with E-state index in [0.717, 1.165) is 19.3 Å². The molecule has 0 radical (unpaired) electrons. The minimum absolute atomic E-state index is 0.145. The first-order valence-electron chi connectivity index (χ1n) is 15.8. The van der Waals surface area contributed by atoms with Crippen molar-refractivity contribution in [2.45, 2.75) is 161 Å². The fourth-order valence-electron chi connectivity index (χ4n) is 4.89. The van der Waals surface area contributed by atoms with E-state index in [-0.39, 0.29) is 13.0 Å². The predicted octanol–water partition coefficient (Wildman–Crippen LogP) is 10.4. The Morgan fingerprint density at radius 3 is 1.46 bits per heavy atom. The number of unbranched alkanes of at least 4 members (excludes halogenated alkanes) is 20. The van der Waals surface area contributed by atoms with Crippen LogP contribution in [0.5, 0.6) is 0 Å². The Bertz CT molecular complexity index is 555. The number of allylic oxidation sites excluding steroid dienone is 2. The molecule has 0 aliphatic heterocycles. The van der Waals surface area contributed by atoms with Crippen LogP contribution in [0.25, 0.3) is 0 Å². The van der Waals surface area contributed by atoms with E-state index >= 15 is 0 Å². The van der Waals surface area contributed by atoms with Crippen molar-refractivity contribution in [2.24, 2.45) is 5.92 Å². The Hall–Kier alpha value is -1.58. The normalized spacial score (nSPS) is 12.1. The van der Waals surface area contributed by atoms with E-state index in [4.69, 9.17) is 9.84 Å². The maximum absolute atomic E-state index is 12.0. The number of carbonyl (C=O) groups excluding carboxylic acids is 1. The number of carbonyl (C=O) groups is 2. The van der Waals surface area contributed by atoms with Crippen LogP contribution in [0.3, 0.4) is 0 Å². The van der Waals surface area contributed by atoms with Crippen molar-refractivity contribution >= 4 is 11.9 Å². The second-order valence-corrected chi connectivity index (χ2v) is 10.7. The van der Waals surface area contributed by atoms with Crippen LogP contribution < -0.4 is 0 Å². The van der Waals surface area contributed by atoms with Gasteiger partial charge in [-0.15, -0.1) is 0 Å². The van der Waals surface area contributed by atoms with Gasteiger partial charge in [-0.05, 0) is 25.7 Å². The Kier molecular flexibility index (Phi) is 27.7. The third-order valence-corrected chi connectivity index (χ3v) is 7.17. The number of rotatable bonds is 29. The van der Waals surface area contributed by atoms with Crippen LogP contribution in [0.15, 0.2) is 24.8 Å². The van der Waals surface area contributed by atoms with Crippen molar-refractivity contribution in [1.29, 1.82) is 0 Å². The molecule has 1 atom stereocenters. The molecular formula is C33H60O4. The standard InChI is InChI=1S/C33H60O4/c1-3-5-6-7-8-9-10-11-12-13-14-15-16-17-18-19-20-21-22-23-24-25-26-27-28-31(30-32(34)35)33(36)37-29-4-2/h4-6,31H,2-3,7-30H2,1H3,(H,34,35)/b6-5+. The van der Waals surface area contributed by atoms with E-state index in [9.17, 15) is 9.59 Å². The van der Waals surface area contributed by atoms with Gasteiger partial charge in [0.05, 0.1) is 12.3 Å². The lowest BCUT2D eigenvalue weighted by Crippen LogP contribution is -2.21. The van der Waals surface area contributed by atoms with Crippen molar-refractivity contribution in [3.63, 3.8) is 0 Å². The van der Waals surface area contributed by atoms with Gasteiger partial charge in [0.25, 0.3) is 0 Å². The molecule has 0 aromatic rings. The van der Waals surface area contributed by atoms with Crippen LogP contribution >= 0.6 is 0 Å². The molecule has 216 valence electrons. The van der Waals surface area contributed by atoms with Crippen LogP contribution in [0, 0.1) is 5.92 Å². The van der Waals surface area contributed by atoms with Gasteiger partial charge in [0.1, 0.15) is 6.61 Å². The second-order valence-electron chi connectivity index (χ2n) is 10.7. The van der Waals surface area contributed by atoms with Gasteiger partial charge in [-0.1, -0.05) is 154 Å². The van der Waals surface area contributed by atoms with Crippen molar-refractivity contribution in [1.82, 2.24) is 0 Å². The van der Waals surface area contributed by atoms with Gasteiger partial charge < -0.3 is 9.84 Å². The van der Waals surface area contributed by atoms with E-state index in [2.05, 4.69) is 25.7 Å². The first kappa shape index (κ1) is 35.4. The third kappa shape index (κ3) is 27.3. The highest BCUT2D eigenvalue weighted by molar-refractivity contribution is 5.79. The van der Waals surface area contributed by atoms with Gasteiger partial charge in [0, 0.05) is 0 Å². The molecule has 0 aromatic carbocycles. The summed E-state index contributed by atoms with van der Waals surface area (Å²) in [7, 11) is 0. The molecule has 0 saturated heterocycles. The Morgan fingerprint density at radius 1 is 0.676 bits per heavy atom.